The molecule has 0 bridgehead atoms. The van der Waals surface area contributed by atoms with E-state index in [1.54, 1.807) is 35.7 Å². The second-order valence-electron chi connectivity index (χ2n) is 9.16. The molecule has 0 aliphatic carbocycles. The lowest BCUT2D eigenvalue weighted by molar-refractivity contribution is -0.142. The Labute approximate surface area is 214 Å². The highest BCUT2D eigenvalue weighted by atomic mass is 35.5. The summed E-state index contributed by atoms with van der Waals surface area (Å²) < 4.78 is 3.55. The minimum Gasteiger partial charge on any atom is -0.480 e. The van der Waals surface area contributed by atoms with Gasteiger partial charge in [0.15, 0.2) is 0 Å². The largest absolute Gasteiger partial charge is 0.480 e. The van der Waals surface area contributed by atoms with Gasteiger partial charge in [-0.2, -0.15) is 0 Å². The van der Waals surface area contributed by atoms with Crippen LogP contribution in [0.1, 0.15) is 52.4 Å². The number of halogens is 1. The number of aryl methyl sites for hydroxylation is 1. The number of carboxylic acids is 1. The Balaban J connectivity index is 1.76. The number of carboxylic acid groups (broad SMARTS) is 1. The number of fused-ring (bicyclic) bond motifs is 1. The number of amides is 1. The van der Waals surface area contributed by atoms with Crippen LogP contribution in [0.25, 0.3) is 17.0 Å². The van der Waals surface area contributed by atoms with Gasteiger partial charge >= 0.3 is 5.97 Å². The van der Waals surface area contributed by atoms with E-state index in [0.717, 1.165) is 31.2 Å². The van der Waals surface area contributed by atoms with Crippen LogP contribution >= 0.6 is 11.6 Å². The monoisotopic (exact) mass is 513 g/mol. The van der Waals surface area contributed by atoms with E-state index in [9.17, 15) is 19.5 Å². The zero-order valence-electron chi connectivity index (χ0n) is 20.6. The van der Waals surface area contributed by atoms with Crippen LogP contribution in [0.2, 0.25) is 5.02 Å². The van der Waals surface area contributed by atoms with E-state index in [1.165, 1.54) is 0 Å². The SMILES string of the molecule is CCCCCn1c(N2CCC[C@H]2C(=O)N[C@@H](CC)C(=O)O)cc(=O)n2cc(-c3ccc(Cl)cc3)nc12. The van der Waals surface area contributed by atoms with Gasteiger partial charge in [-0.1, -0.05) is 50.4 Å². The molecule has 1 saturated heterocycles. The number of aliphatic carboxylic acids is 1. The van der Waals surface area contributed by atoms with Crippen LogP contribution in [-0.2, 0) is 16.1 Å². The van der Waals surface area contributed by atoms with Crippen molar-refractivity contribution < 1.29 is 14.7 Å². The summed E-state index contributed by atoms with van der Waals surface area (Å²) in [5.74, 6) is -0.237. The second-order valence-corrected chi connectivity index (χ2v) is 9.60. The topological polar surface area (TPSA) is 109 Å². The fourth-order valence-electron chi connectivity index (χ4n) is 4.74. The maximum absolute atomic E-state index is 13.2. The fraction of sp³-hybridized carbons (Fsp3) is 0.462. The van der Waals surface area contributed by atoms with E-state index in [1.807, 2.05) is 21.6 Å². The number of benzene rings is 1. The zero-order valence-corrected chi connectivity index (χ0v) is 21.4. The van der Waals surface area contributed by atoms with Gasteiger partial charge in [-0.3, -0.25) is 18.6 Å². The lowest BCUT2D eigenvalue weighted by Crippen LogP contribution is -2.50. The molecule has 3 aromatic rings. The van der Waals surface area contributed by atoms with E-state index in [-0.39, 0.29) is 11.5 Å². The average Bonchev–Trinajstić information content (AvgIpc) is 3.52. The lowest BCUT2D eigenvalue weighted by atomic mass is 10.1. The molecular formula is C26H32ClN5O4. The first-order chi connectivity index (χ1) is 17.3. The molecule has 3 heterocycles. The van der Waals surface area contributed by atoms with Gasteiger partial charge in [0.1, 0.15) is 17.9 Å². The molecule has 36 heavy (non-hydrogen) atoms. The highest BCUT2D eigenvalue weighted by Gasteiger charge is 2.34. The van der Waals surface area contributed by atoms with Gasteiger partial charge in [0.25, 0.3) is 5.56 Å². The van der Waals surface area contributed by atoms with Gasteiger partial charge in [-0.25, -0.2) is 9.78 Å². The van der Waals surface area contributed by atoms with Crippen molar-refractivity contribution in [1.29, 1.82) is 0 Å². The Kier molecular flexibility index (Phi) is 7.98. The molecule has 9 nitrogen and oxygen atoms in total. The fourth-order valence-corrected chi connectivity index (χ4v) is 4.86. The average molecular weight is 514 g/mol. The maximum Gasteiger partial charge on any atom is 0.326 e. The summed E-state index contributed by atoms with van der Waals surface area (Å²) in [6.45, 7) is 5.09. The number of carbonyl (C=O) groups excluding carboxylic acids is 1. The summed E-state index contributed by atoms with van der Waals surface area (Å²) in [5.41, 5.74) is 1.28. The van der Waals surface area contributed by atoms with Crippen molar-refractivity contribution >= 4 is 35.1 Å². The summed E-state index contributed by atoms with van der Waals surface area (Å²) in [4.78, 5) is 44.5. The van der Waals surface area contributed by atoms with E-state index in [2.05, 4.69) is 12.2 Å². The number of aromatic nitrogens is 3. The molecule has 1 aliphatic rings. The van der Waals surface area contributed by atoms with Crippen molar-refractivity contribution in [3.8, 4) is 11.3 Å². The number of rotatable bonds is 10. The summed E-state index contributed by atoms with van der Waals surface area (Å²) in [6, 6.07) is 7.37. The van der Waals surface area contributed by atoms with Crippen LogP contribution in [0.4, 0.5) is 5.82 Å². The van der Waals surface area contributed by atoms with Crippen molar-refractivity contribution in [3.63, 3.8) is 0 Å². The Morgan fingerprint density at radius 2 is 1.97 bits per heavy atom. The molecule has 1 aromatic carbocycles. The van der Waals surface area contributed by atoms with Crippen molar-refractivity contribution in [3.05, 3.63) is 51.9 Å². The van der Waals surface area contributed by atoms with Crippen LogP contribution in [0.15, 0.2) is 41.3 Å². The molecular weight excluding hydrogens is 482 g/mol. The first kappa shape index (κ1) is 25.8. The van der Waals surface area contributed by atoms with Crippen molar-refractivity contribution in [2.24, 2.45) is 0 Å². The van der Waals surface area contributed by atoms with Gasteiger partial charge < -0.3 is 15.3 Å². The molecule has 1 aliphatic heterocycles. The molecule has 1 amide bonds. The van der Waals surface area contributed by atoms with Crippen LogP contribution in [-0.4, -0.2) is 49.6 Å². The first-order valence-electron chi connectivity index (χ1n) is 12.5. The minimum atomic E-state index is -1.06. The van der Waals surface area contributed by atoms with Crippen LogP contribution in [0.5, 0.6) is 0 Å². The standard InChI is InChI=1S/C26H32ClN5O4/c1-3-5-6-13-31-22(30-14-7-8-21(30)24(34)28-19(4-2)25(35)36)15-23(33)32-16-20(29-26(31)32)17-9-11-18(27)12-10-17/h9-12,15-16,19,21H,3-8,13-14H2,1-2H3,(H,28,34)(H,35,36)/t19-,21-/m0/s1. The molecule has 0 spiro atoms. The third kappa shape index (κ3) is 5.26. The number of anilines is 1. The van der Waals surface area contributed by atoms with Gasteiger partial charge in [-0.15, -0.1) is 0 Å². The number of hydrogen-bond donors (Lipinski definition) is 2. The highest BCUT2D eigenvalue weighted by molar-refractivity contribution is 6.30. The predicted molar refractivity (Wildman–Crippen MR) is 140 cm³/mol. The number of nitrogens with one attached hydrogen (secondary N) is 1. The normalized spacial score (nSPS) is 16.4. The number of hydrogen-bond acceptors (Lipinski definition) is 5. The molecule has 0 radical (unpaired) electrons. The summed E-state index contributed by atoms with van der Waals surface area (Å²) in [7, 11) is 0. The third-order valence-electron chi connectivity index (χ3n) is 6.69. The van der Waals surface area contributed by atoms with E-state index in [0.29, 0.717) is 48.2 Å². The Morgan fingerprint density at radius 3 is 2.64 bits per heavy atom. The van der Waals surface area contributed by atoms with E-state index in [4.69, 9.17) is 16.6 Å². The predicted octanol–water partition coefficient (Wildman–Crippen LogP) is 3.95. The molecule has 2 N–H and O–H groups in total. The molecule has 4 rings (SSSR count). The van der Waals surface area contributed by atoms with E-state index >= 15 is 0 Å². The first-order valence-corrected chi connectivity index (χ1v) is 12.9. The third-order valence-corrected chi connectivity index (χ3v) is 6.95. The van der Waals surface area contributed by atoms with Gasteiger partial charge in [-0.05, 0) is 37.8 Å². The molecule has 1 fully saturated rings. The number of unbranched alkanes of at least 4 members (excludes halogenated alkanes) is 2. The molecule has 10 heteroatoms. The van der Waals surface area contributed by atoms with Crippen molar-refractivity contribution in [1.82, 2.24) is 19.3 Å². The maximum atomic E-state index is 13.2. The Bertz CT molecular complexity index is 1300. The number of nitrogens with zero attached hydrogens (tertiary/aromatic N) is 4. The van der Waals surface area contributed by atoms with Gasteiger partial charge in [0.2, 0.25) is 11.7 Å². The van der Waals surface area contributed by atoms with Gasteiger partial charge in [0, 0.05) is 35.9 Å². The summed E-state index contributed by atoms with van der Waals surface area (Å²) in [5, 5.41) is 12.7. The molecule has 192 valence electrons. The zero-order chi connectivity index (χ0) is 25.8. The summed E-state index contributed by atoms with van der Waals surface area (Å²) >= 11 is 6.04. The Hall–Kier alpha value is -3.33. The van der Waals surface area contributed by atoms with Crippen molar-refractivity contribution in [2.45, 2.75) is 71.0 Å². The molecule has 0 saturated carbocycles. The lowest BCUT2D eigenvalue weighted by Gasteiger charge is -2.29. The van der Waals surface area contributed by atoms with Crippen molar-refractivity contribution in [2.75, 3.05) is 11.4 Å². The second kappa shape index (κ2) is 11.2. The number of carbonyl (C=O) groups is 2. The molecule has 0 unspecified atom stereocenters. The van der Waals surface area contributed by atoms with Gasteiger partial charge in [0.05, 0.1) is 5.69 Å². The highest BCUT2D eigenvalue weighted by Crippen LogP contribution is 2.28. The van der Waals surface area contributed by atoms with Crippen LogP contribution in [0, 0.1) is 0 Å². The van der Waals surface area contributed by atoms with Crippen LogP contribution in [0.3, 0.4) is 0 Å². The number of imidazole rings is 1. The quantitative estimate of drug-likeness (QED) is 0.397. The minimum absolute atomic E-state index is 0.234. The molecule has 2 aromatic heterocycles. The molecule has 2 atom stereocenters. The summed E-state index contributed by atoms with van der Waals surface area (Å²) in [6.07, 6.45) is 6.33. The van der Waals surface area contributed by atoms with Crippen LogP contribution < -0.4 is 15.8 Å². The Morgan fingerprint density at radius 1 is 1.22 bits per heavy atom. The van der Waals surface area contributed by atoms with E-state index < -0.39 is 18.1 Å². The smallest absolute Gasteiger partial charge is 0.326 e.